The molecule has 1 N–H and O–H groups in total. The van der Waals surface area contributed by atoms with Gasteiger partial charge in [0.1, 0.15) is 5.75 Å². The van der Waals surface area contributed by atoms with Crippen LogP contribution in [-0.2, 0) is 17.9 Å². The van der Waals surface area contributed by atoms with Crippen molar-refractivity contribution in [3.05, 3.63) is 77.0 Å². The topological polar surface area (TPSA) is 56.3 Å². The molecule has 1 heterocycles. The minimum atomic E-state index is -0.736. The quantitative estimate of drug-likeness (QED) is 0.189. The van der Waals surface area contributed by atoms with Gasteiger partial charge in [-0.15, -0.1) is 0 Å². The number of ether oxygens (including phenoxy) is 1. The summed E-state index contributed by atoms with van der Waals surface area (Å²) in [5.74, 6) is -0.318. The van der Waals surface area contributed by atoms with Crippen LogP contribution in [0.1, 0.15) is 51.7 Å². The number of rotatable bonds is 13. The van der Waals surface area contributed by atoms with Crippen molar-refractivity contribution in [2.24, 2.45) is 5.92 Å². The molecule has 0 aromatic heterocycles. The molecule has 1 fully saturated rings. The van der Waals surface area contributed by atoms with Crippen molar-refractivity contribution in [2.75, 3.05) is 27.2 Å². The summed E-state index contributed by atoms with van der Waals surface area (Å²) in [6, 6.07) is 3.92. The van der Waals surface area contributed by atoms with Crippen LogP contribution < -0.4 is 4.74 Å². The van der Waals surface area contributed by atoms with Gasteiger partial charge >= 0.3 is 5.97 Å². The van der Waals surface area contributed by atoms with Gasteiger partial charge in [0.05, 0.1) is 25.1 Å². The van der Waals surface area contributed by atoms with E-state index in [1.165, 1.54) is 5.57 Å². The molecule has 1 atom stereocenters. The van der Waals surface area contributed by atoms with Gasteiger partial charge in [0.15, 0.2) is 0 Å². The van der Waals surface area contributed by atoms with E-state index >= 15 is 0 Å². The van der Waals surface area contributed by atoms with Gasteiger partial charge in [-0.1, -0.05) is 55.5 Å². The molecule has 1 aliphatic heterocycles. The van der Waals surface area contributed by atoms with Gasteiger partial charge in [-0.05, 0) is 63.9 Å². The average molecular weight is 516 g/mol. The van der Waals surface area contributed by atoms with Gasteiger partial charge in [-0.25, -0.2) is 5.01 Å². The van der Waals surface area contributed by atoms with E-state index < -0.39 is 5.97 Å². The summed E-state index contributed by atoms with van der Waals surface area (Å²) in [5.41, 5.74) is 3.72. The zero-order valence-corrected chi connectivity index (χ0v) is 23.4. The molecule has 0 unspecified atom stereocenters. The van der Waals surface area contributed by atoms with Crippen molar-refractivity contribution in [1.82, 2.24) is 14.9 Å². The van der Waals surface area contributed by atoms with E-state index in [-0.39, 0.29) is 11.5 Å². The van der Waals surface area contributed by atoms with Crippen molar-refractivity contribution >= 4 is 17.6 Å². The molecule has 1 aliphatic rings. The van der Waals surface area contributed by atoms with Crippen LogP contribution in [-0.4, -0.2) is 58.8 Å². The van der Waals surface area contributed by atoms with E-state index in [4.69, 9.17) is 16.3 Å². The molecular weight excluding hydrogens is 474 g/mol. The van der Waals surface area contributed by atoms with Gasteiger partial charge in [-0.2, -0.15) is 0 Å². The number of benzene rings is 1. The number of carboxylic acids is 1. The molecule has 0 saturated carbocycles. The van der Waals surface area contributed by atoms with Crippen molar-refractivity contribution in [1.29, 1.82) is 0 Å². The van der Waals surface area contributed by atoms with Gasteiger partial charge in [0.2, 0.25) is 0 Å². The summed E-state index contributed by atoms with van der Waals surface area (Å²) in [4.78, 5) is 13.5. The van der Waals surface area contributed by atoms with Gasteiger partial charge in [-0.3, -0.25) is 9.69 Å². The van der Waals surface area contributed by atoms with E-state index in [2.05, 4.69) is 68.9 Å². The number of hydrogen-bond donors (Lipinski definition) is 1. The van der Waals surface area contributed by atoms with Crippen LogP contribution in [0.2, 0.25) is 5.02 Å². The van der Waals surface area contributed by atoms with E-state index in [1.807, 2.05) is 24.3 Å². The zero-order valence-electron chi connectivity index (χ0n) is 22.7. The Labute approximate surface area is 222 Å². The molecule has 7 heteroatoms. The van der Waals surface area contributed by atoms with Crippen molar-refractivity contribution in [3.63, 3.8) is 0 Å². The average Bonchev–Trinajstić information content (AvgIpc) is 3.30. The van der Waals surface area contributed by atoms with E-state index in [0.29, 0.717) is 31.1 Å². The van der Waals surface area contributed by atoms with Gasteiger partial charge < -0.3 is 14.9 Å². The molecule has 1 aromatic rings. The van der Waals surface area contributed by atoms with Crippen molar-refractivity contribution < 1.29 is 14.6 Å². The Morgan fingerprint density at radius 2 is 2.06 bits per heavy atom. The van der Waals surface area contributed by atoms with Crippen molar-refractivity contribution in [2.45, 2.75) is 59.2 Å². The van der Waals surface area contributed by atoms with Crippen molar-refractivity contribution in [3.8, 4) is 5.75 Å². The first-order chi connectivity index (χ1) is 16.9. The van der Waals surface area contributed by atoms with Crippen LogP contribution in [0.4, 0.5) is 0 Å². The maximum Gasteiger partial charge on any atom is 0.307 e. The highest BCUT2D eigenvalue weighted by Gasteiger charge is 2.30. The second kappa shape index (κ2) is 13.1. The molecule has 0 bridgehead atoms. The number of methoxy groups -OCH3 is 1. The molecule has 1 aromatic carbocycles. The minimum absolute atomic E-state index is 0.266. The van der Waals surface area contributed by atoms with Gasteiger partial charge in [0.25, 0.3) is 0 Å². The highest BCUT2D eigenvalue weighted by Crippen LogP contribution is 2.32. The predicted molar refractivity (Wildman–Crippen MR) is 149 cm³/mol. The molecular formula is C29H42ClN3O3. The fraction of sp³-hybridized carbons (Fsp3) is 0.483. The SMILES string of the molecule is C=C/C=C\C(=C)N(Cc1cc(OC)c(CN2CC[C@@H](C(=O)O)C2)cc1Cl)N(C)C(C)(C)/C=C(/C)CC. The number of halogens is 1. The molecule has 198 valence electrons. The molecule has 0 amide bonds. The largest absolute Gasteiger partial charge is 0.496 e. The summed E-state index contributed by atoms with van der Waals surface area (Å²) in [6.07, 6.45) is 9.46. The number of likely N-dealkylation sites (N-methyl/N-ethyl adjacent to an activating group) is 1. The second-order valence-corrected chi connectivity index (χ2v) is 10.4. The maximum atomic E-state index is 11.3. The fourth-order valence-electron chi connectivity index (χ4n) is 4.43. The first kappa shape index (κ1) is 29.7. The lowest BCUT2D eigenvalue weighted by atomic mass is 10.00. The van der Waals surface area contributed by atoms with Crippen LogP contribution in [0.25, 0.3) is 0 Å². The van der Waals surface area contributed by atoms with Crippen LogP contribution in [0.15, 0.2) is 60.9 Å². The van der Waals surface area contributed by atoms with Crippen LogP contribution in [0, 0.1) is 5.92 Å². The first-order valence-electron chi connectivity index (χ1n) is 12.4. The Bertz CT molecular complexity index is 1020. The number of hydrazine groups is 1. The summed E-state index contributed by atoms with van der Waals surface area (Å²) < 4.78 is 5.73. The minimum Gasteiger partial charge on any atom is -0.496 e. The van der Waals surface area contributed by atoms with Crippen LogP contribution in [0.5, 0.6) is 5.75 Å². The Morgan fingerprint density at radius 1 is 1.36 bits per heavy atom. The Kier molecular flexibility index (Phi) is 10.8. The number of carbonyl (C=O) groups is 1. The fourth-order valence-corrected chi connectivity index (χ4v) is 4.67. The lowest BCUT2D eigenvalue weighted by Gasteiger charge is -2.43. The van der Waals surface area contributed by atoms with E-state index in [9.17, 15) is 9.90 Å². The number of likely N-dealkylation sites (tertiary alicyclic amines) is 1. The number of nitrogens with zero attached hydrogens (tertiary/aromatic N) is 3. The molecule has 6 nitrogen and oxygen atoms in total. The summed E-state index contributed by atoms with van der Waals surface area (Å²) in [7, 11) is 3.70. The third-order valence-corrected chi connectivity index (χ3v) is 7.25. The molecule has 0 radical (unpaired) electrons. The molecule has 0 aliphatic carbocycles. The predicted octanol–water partition coefficient (Wildman–Crippen LogP) is 6.29. The molecule has 0 spiro atoms. The summed E-state index contributed by atoms with van der Waals surface area (Å²) >= 11 is 6.81. The molecule has 36 heavy (non-hydrogen) atoms. The van der Waals surface area contributed by atoms with Crippen LogP contribution >= 0.6 is 11.6 Å². The third kappa shape index (κ3) is 7.73. The smallest absolute Gasteiger partial charge is 0.307 e. The third-order valence-electron chi connectivity index (χ3n) is 6.89. The lowest BCUT2D eigenvalue weighted by molar-refractivity contribution is -0.141. The number of carboxylic acid groups (broad SMARTS) is 1. The van der Waals surface area contributed by atoms with Gasteiger partial charge in [0, 0.05) is 36.4 Å². The number of hydrogen-bond acceptors (Lipinski definition) is 5. The highest BCUT2D eigenvalue weighted by atomic mass is 35.5. The standard InChI is InChI=1S/C29H42ClN3O3/c1-9-11-12-22(4)33(31(7)29(5,6)17-21(3)10-2)20-24-16-27(36-8)25(15-26(24)30)19-32-14-13-23(18-32)28(34)35/h9,11-12,15-17,23H,1,4,10,13-14,18-20H2,2-3,5-8H3,(H,34,35)/b12-11-,21-17-/t23-/m1/s1. The number of allylic oxidation sites excluding steroid dienone is 4. The Morgan fingerprint density at radius 3 is 2.61 bits per heavy atom. The summed E-state index contributed by atoms with van der Waals surface area (Å²) in [6.45, 7) is 19.1. The van der Waals surface area contributed by atoms with E-state index in [1.54, 1.807) is 13.2 Å². The monoisotopic (exact) mass is 515 g/mol. The maximum absolute atomic E-state index is 11.3. The Hall–Kier alpha value is -2.54. The molecule has 2 rings (SSSR count). The summed E-state index contributed by atoms with van der Waals surface area (Å²) in [5, 5.41) is 14.2. The highest BCUT2D eigenvalue weighted by molar-refractivity contribution is 6.31. The Balaban J connectivity index is 2.36. The second-order valence-electron chi connectivity index (χ2n) is 9.98. The lowest BCUT2D eigenvalue weighted by Crippen LogP contribution is -2.50. The normalized spacial score (nSPS) is 17.1. The number of aliphatic carboxylic acids is 1. The first-order valence-corrected chi connectivity index (χ1v) is 12.8. The van der Waals surface area contributed by atoms with Crippen LogP contribution in [0.3, 0.4) is 0 Å². The zero-order chi connectivity index (χ0) is 27.0. The molecule has 1 saturated heterocycles. The van der Waals surface area contributed by atoms with E-state index in [0.717, 1.165) is 35.5 Å².